The highest BCUT2D eigenvalue weighted by molar-refractivity contribution is 7.89. The van der Waals surface area contributed by atoms with Gasteiger partial charge in [0.25, 0.3) is 0 Å². The van der Waals surface area contributed by atoms with Gasteiger partial charge in [-0.25, -0.2) is 13.2 Å². The maximum Gasteiger partial charge on any atom is 0.339 e. The second-order valence-electron chi connectivity index (χ2n) is 4.32. The monoisotopic (exact) mass is 320 g/mol. The first-order chi connectivity index (χ1) is 8.98. The van der Waals surface area contributed by atoms with Gasteiger partial charge in [0.1, 0.15) is 0 Å². The Morgan fingerprint density at radius 1 is 1.35 bits per heavy atom. The number of methoxy groups -OCH3 is 1. The highest BCUT2D eigenvalue weighted by atomic mass is 35.5. The first-order valence-electron chi connectivity index (χ1n) is 5.84. The van der Waals surface area contributed by atoms with Crippen molar-refractivity contribution in [1.29, 1.82) is 0 Å². The van der Waals surface area contributed by atoms with Crippen molar-refractivity contribution in [2.45, 2.75) is 10.9 Å². The topological polar surface area (TPSA) is 75.7 Å². The average Bonchev–Trinajstić information content (AvgIpc) is 2.35. The first-order valence-corrected chi connectivity index (χ1v) is 7.28. The summed E-state index contributed by atoms with van der Waals surface area (Å²) in [5.41, 5.74) is 0.0594. The third-order valence-corrected chi connectivity index (χ3v) is 5.19. The predicted octanol–water partition coefficient (Wildman–Crippen LogP) is 0.487. The summed E-state index contributed by atoms with van der Waals surface area (Å²) in [7, 11) is -0.942. The number of likely N-dealkylation sites (N-methyl/N-ethyl adjacent to an activating group) is 1. The number of hydrogen-bond acceptors (Lipinski definition) is 5. The molecule has 0 spiro atoms. The molecule has 8 heteroatoms. The maximum absolute atomic E-state index is 12.5. The summed E-state index contributed by atoms with van der Waals surface area (Å²) >= 11 is 0. The van der Waals surface area contributed by atoms with Crippen LogP contribution < -0.4 is 5.32 Å². The third-order valence-electron chi connectivity index (χ3n) is 3.22. The van der Waals surface area contributed by atoms with Crippen LogP contribution in [-0.2, 0) is 14.8 Å². The molecule has 1 aliphatic rings. The van der Waals surface area contributed by atoms with Gasteiger partial charge in [-0.05, 0) is 12.1 Å². The lowest BCUT2D eigenvalue weighted by Gasteiger charge is -2.34. The Bertz CT molecular complexity index is 587. The molecular weight excluding hydrogens is 304 g/mol. The van der Waals surface area contributed by atoms with Gasteiger partial charge in [0, 0.05) is 26.2 Å². The summed E-state index contributed by atoms with van der Waals surface area (Å²) in [4.78, 5) is 11.6. The van der Waals surface area contributed by atoms with Crippen LogP contribution in [-0.4, -0.2) is 52.0 Å². The van der Waals surface area contributed by atoms with E-state index in [4.69, 9.17) is 0 Å². The third kappa shape index (κ3) is 2.95. The molecule has 0 bridgehead atoms. The fourth-order valence-corrected chi connectivity index (χ4v) is 3.38. The van der Waals surface area contributed by atoms with Crippen molar-refractivity contribution in [3.8, 4) is 0 Å². The molecule has 1 N–H and O–H groups in total. The number of rotatable bonds is 4. The van der Waals surface area contributed by atoms with Crippen LogP contribution in [0.4, 0.5) is 0 Å². The predicted molar refractivity (Wildman–Crippen MR) is 76.6 cm³/mol. The van der Waals surface area contributed by atoms with Gasteiger partial charge in [-0.15, -0.1) is 12.4 Å². The largest absolute Gasteiger partial charge is 0.465 e. The summed E-state index contributed by atoms with van der Waals surface area (Å²) in [6, 6.07) is 5.99. The van der Waals surface area contributed by atoms with Crippen molar-refractivity contribution in [2.24, 2.45) is 0 Å². The Morgan fingerprint density at radius 3 is 2.45 bits per heavy atom. The fourth-order valence-electron chi connectivity index (χ4n) is 1.85. The summed E-state index contributed by atoms with van der Waals surface area (Å²) in [5.74, 6) is -0.653. The van der Waals surface area contributed by atoms with Gasteiger partial charge in [-0.1, -0.05) is 12.1 Å². The molecule has 1 aromatic carbocycles. The summed E-state index contributed by atoms with van der Waals surface area (Å²) in [5, 5.41) is 3.02. The zero-order chi connectivity index (χ0) is 14.0. The molecule has 0 aliphatic carbocycles. The second-order valence-corrected chi connectivity index (χ2v) is 6.29. The molecule has 0 atom stereocenters. The van der Waals surface area contributed by atoms with Gasteiger partial charge >= 0.3 is 5.97 Å². The summed E-state index contributed by atoms with van der Waals surface area (Å²) in [6.07, 6.45) is 0. The quantitative estimate of drug-likeness (QED) is 0.817. The van der Waals surface area contributed by atoms with E-state index < -0.39 is 16.0 Å². The smallest absolute Gasteiger partial charge is 0.339 e. The Kier molecular flexibility index (Phi) is 5.52. The highest BCUT2D eigenvalue weighted by Gasteiger charge is 2.34. The van der Waals surface area contributed by atoms with Crippen LogP contribution >= 0.6 is 12.4 Å². The number of sulfonamides is 1. The standard InChI is InChI=1S/C12H16N2O4S.ClH/c1-14(9-7-13-8-9)19(16,17)11-6-4-3-5-10(11)12(15)18-2;/h3-6,9,13H,7-8H2,1-2H3;1H. The number of benzene rings is 1. The van der Waals surface area contributed by atoms with Gasteiger partial charge in [-0.3, -0.25) is 0 Å². The van der Waals surface area contributed by atoms with E-state index in [0.717, 1.165) is 0 Å². The highest BCUT2D eigenvalue weighted by Crippen LogP contribution is 2.22. The molecular formula is C12H17ClN2O4S. The molecule has 1 fully saturated rings. The lowest BCUT2D eigenvalue weighted by atomic mass is 10.2. The molecule has 0 aromatic heterocycles. The lowest BCUT2D eigenvalue weighted by Crippen LogP contribution is -2.57. The van der Waals surface area contributed by atoms with Crippen LogP contribution in [0.15, 0.2) is 29.2 Å². The van der Waals surface area contributed by atoms with E-state index in [1.807, 2.05) is 0 Å². The van der Waals surface area contributed by atoms with E-state index in [1.165, 1.54) is 30.6 Å². The molecule has 1 aliphatic heterocycles. The van der Waals surface area contributed by atoms with Crippen molar-refractivity contribution in [3.63, 3.8) is 0 Å². The van der Waals surface area contributed by atoms with E-state index >= 15 is 0 Å². The molecule has 2 rings (SSSR count). The summed E-state index contributed by atoms with van der Waals surface area (Å²) in [6.45, 7) is 1.24. The van der Waals surface area contributed by atoms with E-state index in [1.54, 1.807) is 12.1 Å². The van der Waals surface area contributed by atoms with E-state index in [0.29, 0.717) is 13.1 Å². The molecule has 6 nitrogen and oxygen atoms in total. The first kappa shape index (κ1) is 16.9. The minimum Gasteiger partial charge on any atom is -0.465 e. The molecule has 0 saturated carbocycles. The van der Waals surface area contributed by atoms with Crippen molar-refractivity contribution >= 4 is 28.4 Å². The number of esters is 1. The molecule has 0 radical (unpaired) electrons. The molecule has 1 aromatic rings. The number of halogens is 1. The number of nitrogens with one attached hydrogen (secondary N) is 1. The van der Waals surface area contributed by atoms with Crippen LogP contribution in [0.2, 0.25) is 0 Å². The minimum atomic E-state index is -3.69. The van der Waals surface area contributed by atoms with Crippen LogP contribution in [0.1, 0.15) is 10.4 Å². The second kappa shape index (κ2) is 6.53. The lowest BCUT2D eigenvalue weighted by molar-refractivity contribution is 0.0596. The van der Waals surface area contributed by atoms with Gasteiger partial charge in [0.15, 0.2) is 0 Å². The van der Waals surface area contributed by atoms with Crippen molar-refractivity contribution in [1.82, 2.24) is 9.62 Å². The van der Waals surface area contributed by atoms with Gasteiger partial charge in [0.05, 0.1) is 17.6 Å². The van der Waals surface area contributed by atoms with E-state index in [-0.39, 0.29) is 28.9 Å². The van der Waals surface area contributed by atoms with Gasteiger partial charge < -0.3 is 10.1 Å². The van der Waals surface area contributed by atoms with E-state index in [9.17, 15) is 13.2 Å². The minimum absolute atomic E-state index is 0. The molecule has 112 valence electrons. The molecule has 1 heterocycles. The van der Waals surface area contributed by atoms with Crippen LogP contribution in [0, 0.1) is 0 Å². The van der Waals surface area contributed by atoms with Crippen LogP contribution in [0.3, 0.4) is 0 Å². The Morgan fingerprint density at radius 2 is 1.95 bits per heavy atom. The van der Waals surface area contributed by atoms with Gasteiger partial charge in [0.2, 0.25) is 10.0 Å². The zero-order valence-electron chi connectivity index (χ0n) is 11.2. The molecule has 0 amide bonds. The van der Waals surface area contributed by atoms with Crippen molar-refractivity contribution < 1.29 is 17.9 Å². The Balaban J connectivity index is 0.00000200. The Labute approximate surface area is 124 Å². The average molecular weight is 321 g/mol. The molecule has 1 saturated heterocycles. The number of hydrogen-bond donors (Lipinski definition) is 1. The number of carbonyl (C=O) groups excluding carboxylic acids is 1. The Hall–Kier alpha value is -1.15. The van der Waals surface area contributed by atoms with Crippen LogP contribution in [0.25, 0.3) is 0 Å². The SMILES string of the molecule is COC(=O)c1ccccc1S(=O)(=O)N(C)C1CNC1.Cl. The maximum atomic E-state index is 12.5. The number of nitrogens with zero attached hydrogens (tertiary/aromatic N) is 1. The normalized spacial score (nSPS) is 15.3. The van der Waals surface area contributed by atoms with Crippen molar-refractivity contribution in [3.05, 3.63) is 29.8 Å². The zero-order valence-corrected chi connectivity index (χ0v) is 12.8. The molecule has 20 heavy (non-hydrogen) atoms. The van der Waals surface area contributed by atoms with Crippen molar-refractivity contribution in [2.75, 3.05) is 27.2 Å². The fraction of sp³-hybridized carbons (Fsp3) is 0.417. The number of ether oxygens (including phenoxy) is 1. The van der Waals surface area contributed by atoms with Gasteiger partial charge in [-0.2, -0.15) is 4.31 Å². The molecule has 0 unspecified atom stereocenters. The van der Waals surface area contributed by atoms with Crippen LogP contribution in [0.5, 0.6) is 0 Å². The summed E-state index contributed by atoms with van der Waals surface area (Å²) < 4.78 is 30.9. The van der Waals surface area contributed by atoms with E-state index in [2.05, 4.69) is 10.1 Å². The number of carbonyl (C=O) groups is 1.